The summed E-state index contributed by atoms with van der Waals surface area (Å²) < 4.78 is 20.5. The number of benzene rings is 3. The first kappa shape index (κ1) is 20.1. The van der Waals surface area contributed by atoms with Crippen LogP contribution in [0.3, 0.4) is 0 Å². The molecule has 0 fully saturated rings. The van der Waals surface area contributed by atoms with Crippen LogP contribution in [0.1, 0.15) is 51.3 Å². The number of ketones is 1. The molecule has 0 aliphatic heterocycles. The van der Waals surface area contributed by atoms with E-state index in [-0.39, 0.29) is 23.7 Å². The lowest BCUT2D eigenvalue weighted by Gasteiger charge is -2.13. The lowest BCUT2D eigenvalue weighted by atomic mass is 10.00. The lowest BCUT2D eigenvalue weighted by Crippen LogP contribution is -2.01. The minimum absolute atomic E-state index is 0.0785. The molecular formula is C24H20FNO3. The molecule has 0 amide bonds. The second kappa shape index (κ2) is 8.57. The number of phenolic OH excluding ortho intramolecular Hbond substituents is 1. The first-order chi connectivity index (χ1) is 13.9. The van der Waals surface area contributed by atoms with Gasteiger partial charge in [0.25, 0.3) is 0 Å². The molecular weight excluding hydrogens is 369 g/mol. The summed E-state index contributed by atoms with van der Waals surface area (Å²) in [4.78, 5) is 11.5. The van der Waals surface area contributed by atoms with Crippen molar-refractivity contribution < 1.29 is 19.0 Å². The summed E-state index contributed by atoms with van der Waals surface area (Å²) in [5.74, 6) is 0.187. The van der Waals surface area contributed by atoms with E-state index >= 15 is 0 Å². The number of ether oxygens (including phenoxy) is 1. The van der Waals surface area contributed by atoms with Gasteiger partial charge in [-0.25, -0.2) is 4.39 Å². The molecule has 3 rings (SSSR count). The number of aromatic hydroxyl groups is 1. The summed E-state index contributed by atoms with van der Waals surface area (Å²) >= 11 is 0. The van der Waals surface area contributed by atoms with E-state index in [1.165, 1.54) is 13.0 Å². The van der Waals surface area contributed by atoms with Crippen LogP contribution in [0, 0.1) is 18.3 Å². The number of phenols is 1. The van der Waals surface area contributed by atoms with Gasteiger partial charge in [0.15, 0.2) is 12.0 Å². The van der Waals surface area contributed by atoms with Gasteiger partial charge in [-0.2, -0.15) is 5.26 Å². The van der Waals surface area contributed by atoms with Crippen LogP contribution in [0.5, 0.6) is 11.5 Å². The van der Waals surface area contributed by atoms with Gasteiger partial charge in [0, 0.05) is 5.56 Å². The van der Waals surface area contributed by atoms with E-state index in [4.69, 9.17) is 10.00 Å². The Balaban J connectivity index is 1.70. The third-order valence-electron chi connectivity index (χ3n) is 4.74. The number of halogens is 1. The summed E-state index contributed by atoms with van der Waals surface area (Å²) in [6.45, 7) is 3.31. The Morgan fingerprint density at radius 1 is 1.14 bits per heavy atom. The average molecular weight is 389 g/mol. The van der Waals surface area contributed by atoms with Crippen molar-refractivity contribution in [3.05, 3.63) is 94.0 Å². The van der Waals surface area contributed by atoms with Crippen molar-refractivity contribution in [3.8, 4) is 17.6 Å². The molecule has 0 radical (unpaired) electrons. The van der Waals surface area contributed by atoms with Crippen molar-refractivity contribution in [3.63, 3.8) is 0 Å². The van der Waals surface area contributed by atoms with Gasteiger partial charge in [-0.05, 0) is 54.8 Å². The number of carbonyl (C=O) groups excluding carboxylic acids is 1. The maximum absolute atomic E-state index is 14.8. The van der Waals surface area contributed by atoms with Crippen LogP contribution in [0.4, 0.5) is 4.39 Å². The van der Waals surface area contributed by atoms with Gasteiger partial charge in [-0.15, -0.1) is 0 Å². The van der Waals surface area contributed by atoms with Gasteiger partial charge < -0.3 is 9.84 Å². The molecule has 0 heterocycles. The highest BCUT2D eigenvalue weighted by Gasteiger charge is 2.15. The standard InChI is InChI=1S/C24H20FNO3/c1-15-22(11-10-21(16(2)27)24(15)28)29-14-17-6-8-19(9-7-17)23(25)20-5-3-4-18(12-20)13-26/h3-12,23,28H,14H2,1-2H3. The summed E-state index contributed by atoms with van der Waals surface area (Å²) in [6.07, 6.45) is -1.32. The molecule has 1 unspecified atom stereocenters. The molecule has 1 atom stereocenters. The number of hydrogen-bond acceptors (Lipinski definition) is 4. The van der Waals surface area contributed by atoms with Gasteiger partial charge in [-0.3, -0.25) is 4.79 Å². The molecule has 3 aromatic carbocycles. The smallest absolute Gasteiger partial charge is 0.163 e. The molecule has 3 aromatic rings. The zero-order valence-electron chi connectivity index (χ0n) is 16.1. The number of alkyl halides is 1. The van der Waals surface area contributed by atoms with Crippen molar-refractivity contribution in [2.75, 3.05) is 0 Å². The van der Waals surface area contributed by atoms with Crippen molar-refractivity contribution in [2.45, 2.75) is 26.6 Å². The zero-order chi connectivity index (χ0) is 21.0. The Bertz CT molecular complexity index is 1080. The summed E-state index contributed by atoms with van der Waals surface area (Å²) in [5.41, 5.74) is 2.93. The number of hydrogen-bond donors (Lipinski definition) is 1. The van der Waals surface area contributed by atoms with E-state index in [9.17, 15) is 14.3 Å². The van der Waals surface area contributed by atoms with Crippen LogP contribution in [0.2, 0.25) is 0 Å². The number of Topliss-reactive ketones (excluding diaryl/α,β-unsaturated/α-hetero) is 1. The fourth-order valence-corrected chi connectivity index (χ4v) is 3.02. The van der Waals surface area contributed by atoms with Crippen LogP contribution in [-0.2, 0) is 6.61 Å². The van der Waals surface area contributed by atoms with E-state index in [0.29, 0.717) is 28.0 Å². The highest BCUT2D eigenvalue weighted by Crippen LogP contribution is 2.31. The van der Waals surface area contributed by atoms with Crippen LogP contribution >= 0.6 is 0 Å². The molecule has 0 saturated heterocycles. The maximum Gasteiger partial charge on any atom is 0.163 e. The molecule has 0 aliphatic rings. The third kappa shape index (κ3) is 4.44. The fourth-order valence-electron chi connectivity index (χ4n) is 3.02. The molecule has 0 aromatic heterocycles. The number of carbonyl (C=O) groups is 1. The summed E-state index contributed by atoms with van der Waals surface area (Å²) in [5, 5.41) is 19.1. The van der Waals surface area contributed by atoms with Crippen LogP contribution in [0.25, 0.3) is 0 Å². The van der Waals surface area contributed by atoms with Crippen LogP contribution in [-0.4, -0.2) is 10.9 Å². The lowest BCUT2D eigenvalue weighted by molar-refractivity contribution is 0.101. The van der Waals surface area contributed by atoms with E-state index in [1.54, 1.807) is 61.5 Å². The van der Waals surface area contributed by atoms with E-state index in [1.807, 2.05) is 6.07 Å². The molecule has 29 heavy (non-hydrogen) atoms. The SMILES string of the molecule is CC(=O)c1ccc(OCc2ccc(C(F)c3cccc(C#N)c3)cc2)c(C)c1O. The highest BCUT2D eigenvalue weighted by atomic mass is 19.1. The molecule has 146 valence electrons. The van der Waals surface area contributed by atoms with Gasteiger partial charge in [-0.1, -0.05) is 36.4 Å². The van der Waals surface area contributed by atoms with Crippen LogP contribution < -0.4 is 4.74 Å². The first-order valence-electron chi connectivity index (χ1n) is 9.10. The third-order valence-corrected chi connectivity index (χ3v) is 4.74. The molecule has 1 N–H and O–H groups in total. The van der Waals surface area contributed by atoms with E-state index in [2.05, 4.69) is 0 Å². The Kier molecular flexibility index (Phi) is 5.94. The van der Waals surface area contributed by atoms with Gasteiger partial charge in [0.05, 0.1) is 17.2 Å². The van der Waals surface area contributed by atoms with Crippen molar-refractivity contribution in [2.24, 2.45) is 0 Å². The molecule has 4 nitrogen and oxygen atoms in total. The molecule has 5 heteroatoms. The molecule has 0 spiro atoms. The number of nitrogens with zero attached hydrogens (tertiary/aromatic N) is 1. The minimum atomic E-state index is -1.32. The normalized spacial score (nSPS) is 11.5. The zero-order valence-corrected chi connectivity index (χ0v) is 16.1. The van der Waals surface area contributed by atoms with Crippen molar-refractivity contribution in [1.29, 1.82) is 5.26 Å². The Morgan fingerprint density at radius 3 is 2.52 bits per heavy atom. The second-order valence-electron chi connectivity index (χ2n) is 6.77. The van der Waals surface area contributed by atoms with Crippen LogP contribution in [0.15, 0.2) is 60.7 Å². The Hall–Kier alpha value is -3.65. The molecule has 0 saturated carbocycles. The highest BCUT2D eigenvalue weighted by molar-refractivity contribution is 5.97. The number of rotatable bonds is 6. The van der Waals surface area contributed by atoms with E-state index < -0.39 is 6.17 Å². The van der Waals surface area contributed by atoms with Crippen molar-refractivity contribution >= 4 is 5.78 Å². The quantitative estimate of drug-likeness (QED) is 0.572. The first-order valence-corrected chi connectivity index (χ1v) is 9.10. The summed E-state index contributed by atoms with van der Waals surface area (Å²) in [6, 6.07) is 18.6. The maximum atomic E-state index is 14.8. The van der Waals surface area contributed by atoms with E-state index in [0.717, 1.165) is 5.56 Å². The molecule has 0 aliphatic carbocycles. The topological polar surface area (TPSA) is 70.3 Å². The predicted molar refractivity (Wildman–Crippen MR) is 108 cm³/mol. The number of nitriles is 1. The predicted octanol–water partition coefficient (Wildman–Crippen LogP) is 5.41. The van der Waals surface area contributed by atoms with Gasteiger partial charge in [0.2, 0.25) is 0 Å². The van der Waals surface area contributed by atoms with Gasteiger partial charge in [0.1, 0.15) is 18.1 Å². The Labute approximate surface area is 168 Å². The average Bonchev–Trinajstić information content (AvgIpc) is 2.74. The second-order valence-corrected chi connectivity index (χ2v) is 6.77. The minimum Gasteiger partial charge on any atom is -0.507 e. The monoisotopic (exact) mass is 389 g/mol. The van der Waals surface area contributed by atoms with Crippen molar-refractivity contribution in [1.82, 2.24) is 0 Å². The summed E-state index contributed by atoms with van der Waals surface area (Å²) in [7, 11) is 0. The molecule has 0 bridgehead atoms. The largest absolute Gasteiger partial charge is 0.507 e. The van der Waals surface area contributed by atoms with Gasteiger partial charge >= 0.3 is 0 Å². The Morgan fingerprint density at radius 2 is 1.86 bits per heavy atom. The fraction of sp³-hybridized carbons (Fsp3) is 0.167.